The van der Waals surface area contributed by atoms with Gasteiger partial charge in [-0.3, -0.25) is 4.79 Å². The van der Waals surface area contributed by atoms with E-state index >= 15 is 0 Å². The molecule has 0 amide bonds. The number of rotatable bonds is 3. The molecule has 0 saturated heterocycles. The van der Waals surface area contributed by atoms with Crippen LogP contribution in [0.2, 0.25) is 0 Å². The van der Waals surface area contributed by atoms with Gasteiger partial charge in [-0.2, -0.15) is 0 Å². The number of allylic oxidation sites excluding steroid dienone is 1. The molecule has 0 saturated carbocycles. The average molecular weight is 302 g/mol. The van der Waals surface area contributed by atoms with E-state index in [-0.39, 0.29) is 5.78 Å². The zero-order chi connectivity index (χ0) is 15.8. The maximum absolute atomic E-state index is 12.5. The predicted octanol–water partition coefficient (Wildman–Crippen LogP) is 3.80. The van der Waals surface area contributed by atoms with E-state index in [1.807, 2.05) is 28.8 Å². The fourth-order valence-corrected chi connectivity index (χ4v) is 3.21. The van der Waals surface area contributed by atoms with E-state index in [1.54, 1.807) is 6.20 Å². The minimum atomic E-state index is 0.0638. The van der Waals surface area contributed by atoms with Crippen molar-refractivity contribution in [2.24, 2.45) is 0 Å². The van der Waals surface area contributed by atoms with Crippen molar-refractivity contribution >= 4 is 11.4 Å². The Balaban J connectivity index is 1.57. The molecule has 1 aliphatic carbocycles. The highest BCUT2D eigenvalue weighted by Gasteiger charge is 2.15. The first-order valence-electron chi connectivity index (χ1n) is 7.93. The van der Waals surface area contributed by atoms with Crippen LogP contribution in [0, 0.1) is 0 Å². The summed E-state index contributed by atoms with van der Waals surface area (Å²) >= 11 is 0. The van der Waals surface area contributed by atoms with Gasteiger partial charge >= 0.3 is 0 Å². The Kier molecular flexibility index (Phi) is 3.34. The molecule has 0 bridgehead atoms. The fourth-order valence-electron chi connectivity index (χ4n) is 3.21. The molecular formula is C20H18N2O. The second kappa shape index (κ2) is 5.51. The van der Waals surface area contributed by atoms with Crippen LogP contribution in [0.4, 0.5) is 0 Å². The highest BCUT2D eigenvalue weighted by Crippen LogP contribution is 2.25. The van der Waals surface area contributed by atoms with Gasteiger partial charge in [-0.25, -0.2) is 4.98 Å². The lowest BCUT2D eigenvalue weighted by Gasteiger charge is -2.18. The van der Waals surface area contributed by atoms with Crippen LogP contribution in [-0.2, 0) is 19.3 Å². The lowest BCUT2D eigenvalue weighted by molar-refractivity contribution is 0.0989. The zero-order valence-electron chi connectivity index (χ0n) is 13.0. The van der Waals surface area contributed by atoms with Gasteiger partial charge in [0.2, 0.25) is 0 Å². The van der Waals surface area contributed by atoms with E-state index in [2.05, 4.69) is 29.8 Å². The maximum atomic E-state index is 12.5. The summed E-state index contributed by atoms with van der Waals surface area (Å²) in [6.45, 7) is 4.08. The monoisotopic (exact) mass is 302 g/mol. The molecule has 0 unspecified atom stereocenters. The molecule has 2 heterocycles. The third-order valence-corrected chi connectivity index (χ3v) is 4.47. The number of aromatic nitrogens is 2. The van der Waals surface area contributed by atoms with E-state index in [0.29, 0.717) is 12.1 Å². The Morgan fingerprint density at radius 3 is 2.96 bits per heavy atom. The van der Waals surface area contributed by atoms with Crippen LogP contribution in [0.15, 0.2) is 60.9 Å². The third-order valence-electron chi connectivity index (χ3n) is 4.47. The number of Topliss-reactive ketones (excluding diaryl/α,β-unsaturated/α-hetero) is 1. The first kappa shape index (κ1) is 13.9. The second-order valence-corrected chi connectivity index (χ2v) is 6.22. The number of hydrogen-bond donors (Lipinski definition) is 0. The quantitative estimate of drug-likeness (QED) is 0.545. The number of hydrogen-bond acceptors (Lipinski definition) is 2. The first-order chi connectivity index (χ1) is 11.2. The van der Waals surface area contributed by atoms with E-state index < -0.39 is 0 Å². The number of nitrogens with zero attached hydrogens (tertiary/aromatic N) is 2. The summed E-state index contributed by atoms with van der Waals surface area (Å²) in [6.07, 6.45) is 7.17. The molecule has 0 spiro atoms. The summed E-state index contributed by atoms with van der Waals surface area (Å²) in [4.78, 5) is 16.9. The molecule has 2 aromatic heterocycles. The average Bonchev–Trinajstić information content (AvgIpc) is 2.99. The van der Waals surface area contributed by atoms with Gasteiger partial charge in [0.15, 0.2) is 5.78 Å². The summed E-state index contributed by atoms with van der Waals surface area (Å²) in [5.74, 6) is 0.0638. The minimum Gasteiger partial charge on any atom is -0.306 e. The summed E-state index contributed by atoms with van der Waals surface area (Å²) in [5, 5.41) is 0. The molecule has 0 aliphatic heterocycles. The van der Waals surface area contributed by atoms with Gasteiger partial charge in [-0.15, -0.1) is 0 Å². The fraction of sp³-hybridized carbons (Fsp3) is 0.200. The van der Waals surface area contributed by atoms with Crippen molar-refractivity contribution in [3.05, 3.63) is 83.3 Å². The van der Waals surface area contributed by atoms with Crippen LogP contribution in [0.25, 0.3) is 5.65 Å². The van der Waals surface area contributed by atoms with E-state index in [0.717, 1.165) is 30.5 Å². The van der Waals surface area contributed by atoms with Crippen molar-refractivity contribution in [2.75, 3.05) is 0 Å². The van der Waals surface area contributed by atoms with Crippen molar-refractivity contribution in [3.63, 3.8) is 0 Å². The van der Waals surface area contributed by atoms with E-state index in [4.69, 9.17) is 0 Å². The standard InChI is InChI=1S/C20H18N2O/c1-14-5-7-17-11-15(6-8-16(17)10-14)12-19(23)18-13-22-9-3-2-4-20(22)21-18/h2-4,6,8-9,11,13H,1,5,7,10,12H2. The van der Waals surface area contributed by atoms with E-state index in [1.165, 1.54) is 16.7 Å². The molecule has 0 atom stereocenters. The van der Waals surface area contributed by atoms with Crippen LogP contribution < -0.4 is 0 Å². The Morgan fingerprint density at radius 1 is 1.17 bits per heavy atom. The van der Waals surface area contributed by atoms with Crippen molar-refractivity contribution < 1.29 is 4.79 Å². The number of ketones is 1. The summed E-state index contributed by atoms with van der Waals surface area (Å²) in [7, 11) is 0. The van der Waals surface area contributed by atoms with E-state index in [9.17, 15) is 4.79 Å². The van der Waals surface area contributed by atoms with Gasteiger partial charge in [0.25, 0.3) is 0 Å². The van der Waals surface area contributed by atoms with Crippen molar-refractivity contribution in [1.82, 2.24) is 9.38 Å². The zero-order valence-corrected chi connectivity index (χ0v) is 13.0. The molecule has 1 aliphatic rings. The smallest absolute Gasteiger partial charge is 0.187 e. The molecule has 4 rings (SSSR count). The molecule has 3 nitrogen and oxygen atoms in total. The Labute approximate surface area is 135 Å². The Bertz CT molecular complexity index is 887. The first-order valence-corrected chi connectivity index (χ1v) is 7.93. The number of aryl methyl sites for hydroxylation is 1. The summed E-state index contributed by atoms with van der Waals surface area (Å²) in [5.41, 5.74) is 6.41. The molecule has 0 fully saturated rings. The van der Waals surface area contributed by atoms with Crippen molar-refractivity contribution in [1.29, 1.82) is 0 Å². The normalized spacial score (nSPS) is 14.0. The Morgan fingerprint density at radius 2 is 2.09 bits per heavy atom. The third kappa shape index (κ3) is 2.70. The number of carbonyl (C=O) groups excluding carboxylic acids is 1. The Hall–Kier alpha value is -2.68. The van der Waals surface area contributed by atoms with Crippen LogP contribution in [0.1, 0.15) is 33.6 Å². The molecule has 3 heteroatoms. The van der Waals surface area contributed by atoms with Gasteiger partial charge in [0.1, 0.15) is 11.3 Å². The molecule has 23 heavy (non-hydrogen) atoms. The van der Waals surface area contributed by atoms with Crippen molar-refractivity contribution in [3.8, 4) is 0 Å². The largest absolute Gasteiger partial charge is 0.306 e. The molecule has 1 aromatic carbocycles. The second-order valence-electron chi connectivity index (χ2n) is 6.22. The topological polar surface area (TPSA) is 34.4 Å². The number of benzene rings is 1. The van der Waals surface area contributed by atoms with Gasteiger partial charge in [-0.1, -0.05) is 36.4 Å². The van der Waals surface area contributed by atoms with Gasteiger partial charge in [0.05, 0.1) is 0 Å². The number of fused-ring (bicyclic) bond motifs is 2. The maximum Gasteiger partial charge on any atom is 0.187 e. The molecule has 3 aromatic rings. The predicted molar refractivity (Wildman–Crippen MR) is 90.8 cm³/mol. The van der Waals surface area contributed by atoms with Gasteiger partial charge in [-0.05, 0) is 48.1 Å². The van der Waals surface area contributed by atoms with Crippen LogP contribution in [-0.4, -0.2) is 15.2 Å². The SMILES string of the molecule is C=C1CCc2cc(CC(=O)c3cn4ccccc4n3)ccc2C1. The van der Waals surface area contributed by atoms with Crippen LogP contribution in [0.5, 0.6) is 0 Å². The number of carbonyl (C=O) groups is 1. The lowest BCUT2D eigenvalue weighted by Crippen LogP contribution is -2.08. The minimum absolute atomic E-state index is 0.0638. The van der Waals surface area contributed by atoms with Gasteiger partial charge < -0.3 is 4.40 Å². The molecule has 0 N–H and O–H groups in total. The summed E-state index contributed by atoms with van der Waals surface area (Å²) in [6, 6.07) is 12.1. The highest BCUT2D eigenvalue weighted by molar-refractivity contribution is 5.96. The lowest BCUT2D eigenvalue weighted by atomic mass is 9.87. The molecular weight excluding hydrogens is 284 g/mol. The molecule has 0 radical (unpaired) electrons. The number of pyridine rings is 1. The molecule has 114 valence electrons. The van der Waals surface area contributed by atoms with Crippen LogP contribution >= 0.6 is 0 Å². The number of imidazole rings is 1. The van der Waals surface area contributed by atoms with Gasteiger partial charge in [0, 0.05) is 18.8 Å². The van der Waals surface area contributed by atoms with Crippen molar-refractivity contribution in [2.45, 2.75) is 25.7 Å². The highest BCUT2D eigenvalue weighted by atomic mass is 16.1. The summed E-state index contributed by atoms with van der Waals surface area (Å²) < 4.78 is 1.88. The van der Waals surface area contributed by atoms with Crippen LogP contribution in [0.3, 0.4) is 0 Å².